The van der Waals surface area contributed by atoms with E-state index in [0.29, 0.717) is 6.54 Å². The second-order valence-electron chi connectivity index (χ2n) is 5.15. The van der Waals surface area contributed by atoms with E-state index in [2.05, 4.69) is 5.10 Å². The van der Waals surface area contributed by atoms with Crippen LogP contribution in [0.2, 0.25) is 0 Å². The van der Waals surface area contributed by atoms with Gasteiger partial charge in [0.1, 0.15) is 5.82 Å². The predicted molar refractivity (Wildman–Crippen MR) is 60.8 cm³/mol. The summed E-state index contributed by atoms with van der Waals surface area (Å²) in [6.07, 6.45) is 2.83. The Labute approximate surface area is 98.9 Å². The molecule has 2 heterocycles. The third-order valence-electron chi connectivity index (χ3n) is 3.16. The maximum absolute atomic E-state index is 12.0. The van der Waals surface area contributed by atoms with Gasteiger partial charge >= 0.3 is 11.7 Å². The third-order valence-corrected chi connectivity index (χ3v) is 3.16. The van der Waals surface area contributed by atoms with E-state index in [4.69, 9.17) is 5.11 Å². The highest BCUT2D eigenvalue weighted by Crippen LogP contribution is 2.17. The van der Waals surface area contributed by atoms with Crippen molar-refractivity contribution in [2.24, 2.45) is 5.41 Å². The van der Waals surface area contributed by atoms with Gasteiger partial charge in [-0.1, -0.05) is 0 Å². The Balaban J connectivity index is 2.32. The molecule has 0 amide bonds. The molecule has 1 aromatic rings. The number of hydrogen-bond donors (Lipinski definition) is 1. The van der Waals surface area contributed by atoms with Crippen molar-refractivity contribution in [3.8, 4) is 0 Å². The number of rotatable bonds is 3. The topological polar surface area (TPSA) is 77.1 Å². The number of aromatic nitrogens is 3. The largest absolute Gasteiger partial charge is 0.481 e. The molecule has 94 valence electrons. The zero-order chi connectivity index (χ0) is 12.6. The Kier molecular flexibility index (Phi) is 2.81. The molecule has 1 N–H and O–H groups in total. The average Bonchev–Trinajstić information content (AvgIpc) is 2.56. The van der Waals surface area contributed by atoms with Gasteiger partial charge in [0.2, 0.25) is 0 Å². The minimum Gasteiger partial charge on any atom is -0.481 e. The van der Waals surface area contributed by atoms with Crippen LogP contribution in [0, 0.1) is 5.41 Å². The first-order valence-corrected chi connectivity index (χ1v) is 5.82. The smallest absolute Gasteiger partial charge is 0.345 e. The van der Waals surface area contributed by atoms with Gasteiger partial charge < -0.3 is 5.11 Å². The highest BCUT2D eigenvalue weighted by atomic mass is 16.4. The molecule has 0 radical (unpaired) electrons. The number of carboxylic acids is 1. The van der Waals surface area contributed by atoms with E-state index in [-0.39, 0.29) is 12.2 Å². The number of aryl methyl sites for hydroxylation is 1. The number of carbonyl (C=O) groups is 1. The number of aliphatic carboxylic acids is 1. The van der Waals surface area contributed by atoms with Crippen LogP contribution in [0.25, 0.3) is 0 Å². The molecule has 1 aliphatic heterocycles. The molecule has 0 atom stereocenters. The van der Waals surface area contributed by atoms with E-state index < -0.39 is 11.4 Å². The van der Waals surface area contributed by atoms with Gasteiger partial charge in [0, 0.05) is 13.0 Å². The van der Waals surface area contributed by atoms with E-state index in [9.17, 15) is 9.59 Å². The van der Waals surface area contributed by atoms with Crippen LogP contribution in [0.4, 0.5) is 0 Å². The van der Waals surface area contributed by atoms with Crippen molar-refractivity contribution in [2.75, 3.05) is 0 Å². The van der Waals surface area contributed by atoms with Crippen LogP contribution in [0.3, 0.4) is 0 Å². The molecule has 0 spiro atoms. The molecule has 0 fully saturated rings. The Morgan fingerprint density at radius 3 is 2.76 bits per heavy atom. The van der Waals surface area contributed by atoms with Crippen molar-refractivity contribution >= 4 is 5.97 Å². The molecule has 0 aromatic carbocycles. The second kappa shape index (κ2) is 4.01. The van der Waals surface area contributed by atoms with Gasteiger partial charge in [0.05, 0.1) is 12.0 Å². The fraction of sp³-hybridized carbons (Fsp3) is 0.727. The lowest BCUT2D eigenvalue weighted by Gasteiger charge is -2.17. The molecular weight excluding hydrogens is 222 g/mol. The van der Waals surface area contributed by atoms with Crippen LogP contribution in [0.15, 0.2) is 4.79 Å². The lowest BCUT2D eigenvalue weighted by Crippen LogP contribution is -2.35. The molecule has 0 aliphatic carbocycles. The van der Waals surface area contributed by atoms with Crippen molar-refractivity contribution < 1.29 is 9.90 Å². The van der Waals surface area contributed by atoms with E-state index >= 15 is 0 Å². The number of hydrogen-bond acceptors (Lipinski definition) is 3. The summed E-state index contributed by atoms with van der Waals surface area (Å²) in [6, 6.07) is 0. The molecule has 6 heteroatoms. The van der Waals surface area contributed by atoms with Gasteiger partial charge in [-0.15, -0.1) is 0 Å². The van der Waals surface area contributed by atoms with Crippen LogP contribution in [-0.4, -0.2) is 25.4 Å². The minimum atomic E-state index is -0.978. The molecule has 6 nitrogen and oxygen atoms in total. The first-order chi connectivity index (χ1) is 7.92. The number of nitrogens with zero attached hydrogens (tertiary/aromatic N) is 3. The fourth-order valence-corrected chi connectivity index (χ4v) is 1.99. The van der Waals surface area contributed by atoms with Crippen LogP contribution in [0.5, 0.6) is 0 Å². The van der Waals surface area contributed by atoms with Gasteiger partial charge in [-0.3, -0.25) is 9.36 Å². The summed E-state index contributed by atoms with van der Waals surface area (Å²) in [4.78, 5) is 23.0. The maximum atomic E-state index is 12.0. The molecule has 0 bridgehead atoms. The minimum absolute atomic E-state index is 0.112. The van der Waals surface area contributed by atoms with Crippen LogP contribution >= 0.6 is 0 Å². The van der Waals surface area contributed by atoms with Gasteiger partial charge in [-0.2, -0.15) is 5.10 Å². The molecule has 17 heavy (non-hydrogen) atoms. The number of fused-ring (bicyclic) bond motifs is 1. The highest BCUT2D eigenvalue weighted by Gasteiger charge is 2.30. The lowest BCUT2D eigenvalue weighted by atomic mass is 9.94. The lowest BCUT2D eigenvalue weighted by molar-refractivity contribution is -0.147. The maximum Gasteiger partial charge on any atom is 0.345 e. The van der Waals surface area contributed by atoms with Crippen LogP contribution in [0.1, 0.15) is 32.5 Å². The first-order valence-electron chi connectivity index (χ1n) is 5.82. The molecule has 0 unspecified atom stereocenters. The molecule has 0 saturated heterocycles. The van der Waals surface area contributed by atoms with Crippen molar-refractivity contribution in [1.29, 1.82) is 0 Å². The summed E-state index contributed by atoms with van der Waals surface area (Å²) in [5.74, 6) is -0.141. The molecule has 1 aliphatic rings. The summed E-state index contributed by atoms with van der Waals surface area (Å²) >= 11 is 0. The normalized spacial score (nSPS) is 15.6. The number of carboxylic acid groups (broad SMARTS) is 1. The third kappa shape index (κ3) is 2.11. The van der Waals surface area contributed by atoms with E-state index in [1.165, 1.54) is 4.68 Å². The Hall–Kier alpha value is -1.59. The van der Waals surface area contributed by atoms with Gasteiger partial charge in [-0.05, 0) is 26.7 Å². The summed E-state index contributed by atoms with van der Waals surface area (Å²) in [5, 5.41) is 13.3. The molecule has 2 rings (SSSR count). The van der Waals surface area contributed by atoms with Gasteiger partial charge in [0.15, 0.2) is 0 Å². The highest BCUT2D eigenvalue weighted by molar-refractivity contribution is 5.73. The Morgan fingerprint density at radius 1 is 1.47 bits per heavy atom. The van der Waals surface area contributed by atoms with Gasteiger partial charge in [-0.25, -0.2) is 9.48 Å². The van der Waals surface area contributed by atoms with E-state index in [0.717, 1.165) is 25.1 Å². The fourth-order valence-electron chi connectivity index (χ4n) is 1.99. The standard InChI is InChI=1S/C11H17N3O3/c1-11(2,9(15)16)7-14-10(17)13-6-4-3-5-8(13)12-14/h3-7H2,1-2H3,(H,15,16). The SMILES string of the molecule is CC(C)(Cn1nc2n(c1=O)CCCC2)C(=O)O. The van der Waals surface area contributed by atoms with Crippen molar-refractivity contribution in [3.63, 3.8) is 0 Å². The van der Waals surface area contributed by atoms with Crippen LogP contribution in [-0.2, 0) is 24.3 Å². The second-order valence-corrected chi connectivity index (χ2v) is 5.15. The zero-order valence-electron chi connectivity index (χ0n) is 10.1. The van der Waals surface area contributed by atoms with E-state index in [1.54, 1.807) is 18.4 Å². The zero-order valence-corrected chi connectivity index (χ0v) is 10.1. The monoisotopic (exact) mass is 239 g/mol. The summed E-state index contributed by atoms with van der Waals surface area (Å²) in [7, 11) is 0. The quantitative estimate of drug-likeness (QED) is 0.832. The van der Waals surface area contributed by atoms with Crippen molar-refractivity contribution in [3.05, 3.63) is 16.3 Å². The predicted octanol–water partition coefficient (Wildman–Crippen LogP) is 0.492. The summed E-state index contributed by atoms with van der Waals surface area (Å²) < 4.78 is 2.94. The molecule has 1 aromatic heterocycles. The van der Waals surface area contributed by atoms with Crippen molar-refractivity contribution in [1.82, 2.24) is 14.3 Å². The summed E-state index contributed by atoms with van der Waals surface area (Å²) in [5.41, 5.74) is -1.16. The van der Waals surface area contributed by atoms with Crippen molar-refractivity contribution in [2.45, 2.75) is 46.2 Å². The van der Waals surface area contributed by atoms with Crippen LogP contribution < -0.4 is 5.69 Å². The first kappa shape index (κ1) is 11.9. The van der Waals surface area contributed by atoms with E-state index in [1.807, 2.05) is 0 Å². The molecular formula is C11H17N3O3. The summed E-state index contributed by atoms with van der Waals surface area (Å²) in [6.45, 7) is 4.00. The molecule has 0 saturated carbocycles. The van der Waals surface area contributed by atoms with Gasteiger partial charge in [0.25, 0.3) is 0 Å². The average molecular weight is 239 g/mol. The Morgan fingerprint density at radius 2 is 2.18 bits per heavy atom. The Bertz CT molecular complexity index is 499.